The minimum atomic E-state index is -0.191. The number of nitrogens with one attached hydrogen (secondary N) is 1. The first-order valence-corrected chi connectivity index (χ1v) is 8.65. The van der Waals surface area contributed by atoms with Crippen LogP contribution < -0.4 is 19.5 Å². The first kappa shape index (κ1) is 19.6. The maximum Gasteiger partial charge on any atom is 0.255 e. The molecule has 2 aromatic rings. The van der Waals surface area contributed by atoms with Gasteiger partial charge >= 0.3 is 0 Å². The van der Waals surface area contributed by atoms with Crippen molar-refractivity contribution < 1.29 is 19.0 Å². The highest BCUT2D eigenvalue weighted by molar-refractivity contribution is 5.98. The Morgan fingerprint density at radius 2 is 1.69 bits per heavy atom. The van der Waals surface area contributed by atoms with Gasteiger partial charge in [0.15, 0.2) is 11.5 Å². The molecule has 0 saturated carbocycles. The van der Waals surface area contributed by atoms with Gasteiger partial charge in [0.05, 0.1) is 26.9 Å². The van der Waals surface area contributed by atoms with Crippen molar-refractivity contribution in [1.29, 1.82) is 0 Å². The molecule has 0 aliphatic carbocycles. The van der Waals surface area contributed by atoms with Crippen molar-refractivity contribution in [2.75, 3.05) is 27.9 Å². The van der Waals surface area contributed by atoms with Crippen LogP contribution in [0.2, 0.25) is 0 Å². The zero-order valence-electron chi connectivity index (χ0n) is 16.1. The zero-order chi connectivity index (χ0) is 19.1. The van der Waals surface area contributed by atoms with Crippen LogP contribution in [0.5, 0.6) is 17.2 Å². The summed E-state index contributed by atoms with van der Waals surface area (Å²) in [5.74, 6) is 1.12. The third kappa shape index (κ3) is 4.48. The number of amides is 1. The molecule has 0 aliphatic rings. The average Bonchev–Trinajstić information content (AvgIpc) is 2.64. The van der Waals surface area contributed by atoms with Crippen LogP contribution in [-0.2, 0) is 6.42 Å². The molecule has 0 saturated heterocycles. The maximum atomic E-state index is 12.5. The minimum absolute atomic E-state index is 0.191. The van der Waals surface area contributed by atoms with Crippen LogP contribution in [0.3, 0.4) is 0 Å². The third-order valence-electron chi connectivity index (χ3n) is 4.36. The van der Waals surface area contributed by atoms with E-state index >= 15 is 0 Å². The van der Waals surface area contributed by atoms with Gasteiger partial charge in [-0.3, -0.25) is 4.79 Å². The van der Waals surface area contributed by atoms with E-state index in [0.717, 1.165) is 12.8 Å². The highest BCUT2D eigenvalue weighted by Crippen LogP contribution is 2.39. The molecule has 0 atom stereocenters. The Balaban J connectivity index is 1.99. The Labute approximate surface area is 155 Å². The molecule has 0 aliphatic heterocycles. The summed E-state index contributed by atoms with van der Waals surface area (Å²) in [6, 6.07) is 9.84. The monoisotopic (exact) mass is 357 g/mol. The van der Waals surface area contributed by atoms with Crippen LogP contribution in [0.15, 0.2) is 30.3 Å². The van der Waals surface area contributed by atoms with Gasteiger partial charge in [-0.25, -0.2) is 0 Å². The van der Waals surface area contributed by atoms with Gasteiger partial charge < -0.3 is 19.5 Å². The average molecular weight is 357 g/mol. The van der Waals surface area contributed by atoms with Crippen LogP contribution >= 0.6 is 0 Å². The summed E-state index contributed by atoms with van der Waals surface area (Å²) < 4.78 is 15.9. The van der Waals surface area contributed by atoms with E-state index in [9.17, 15) is 4.79 Å². The van der Waals surface area contributed by atoms with Gasteiger partial charge in [-0.15, -0.1) is 0 Å². The Hall–Kier alpha value is -2.69. The van der Waals surface area contributed by atoms with Crippen LogP contribution in [0.1, 0.15) is 33.5 Å². The number of aryl methyl sites for hydroxylation is 3. The summed E-state index contributed by atoms with van der Waals surface area (Å²) in [7, 11) is 4.57. The molecular weight excluding hydrogens is 330 g/mol. The van der Waals surface area contributed by atoms with Crippen LogP contribution in [0.25, 0.3) is 0 Å². The number of rotatable bonds is 8. The van der Waals surface area contributed by atoms with Crippen molar-refractivity contribution >= 4 is 5.91 Å². The lowest BCUT2D eigenvalue weighted by Gasteiger charge is -2.15. The van der Waals surface area contributed by atoms with E-state index in [1.807, 2.05) is 0 Å². The smallest absolute Gasteiger partial charge is 0.255 e. The first-order chi connectivity index (χ1) is 12.5. The van der Waals surface area contributed by atoms with Crippen LogP contribution in [-0.4, -0.2) is 33.8 Å². The predicted molar refractivity (Wildman–Crippen MR) is 103 cm³/mol. The van der Waals surface area contributed by atoms with Gasteiger partial charge in [-0.1, -0.05) is 23.8 Å². The number of hydrogen-bond donors (Lipinski definition) is 1. The highest BCUT2D eigenvalue weighted by atomic mass is 16.5. The van der Waals surface area contributed by atoms with E-state index in [4.69, 9.17) is 14.2 Å². The summed E-state index contributed by atoms with van der Waals surface area (Å²) in [5, 5.41) is 2.95. The summed E-state index contributed by atoms with van der Waals surface area (Å²) >= 11 is 0. The number of methoxy groups -OCH3 is 3. The number of carbonyl (C=O) groups is 1. The maximum absolute atomic E-state index is 12.5. The second-order valence-corrected chi connectivity index (χ2v) is 6.17. The first-order valence-electron chi connectivity index (χ1n) is 8.65. The normalized spacial score (nSPS) is 10.3. The SMILES string of the molecule is COc1ccc(C(=O)NCCCc2ccc(C)cc2C)c(OC)c1OC. The van der Waals surface area contributed by atoms with E-state index in [-0.39, 0.29) is 5.91 Å². The molecule has 2 rings (SSSR count). The number of hydrogen-bond acceptors (Lipinski definition) is 4. The molecule has 140 valence electrons. The molecule has 2 aromatic carbocycles. The summed E-state index contributed by atoms with van der Waals surface area (Å²) in [4.78, 5) is 12.5. The Morgan fingerprint density at radius 1 is 0.962 bits per heavy atom. The number of benzene rings is 2. The molecule has 0 aromatic heterocycles. The largest absolute Gasteiger partial charge is 0.493 e. The van der Waals surface area contributed by atoms with E-state index in [2.05, 4.69) is 37.4 Å². The van der Waals surface area contributed by atoms with Crippen molar-refractivity contribution in [1.82, 2.24) is 5.32 Å². The van der Waals surface area contributed by atoms with E-state index in [1.54, 1.807) is 19.2 Å². The number of carbonyl (C=O) groups excluding carboxylic acids is 1. The fourth-order valence-corrected chi connectivity index (χ4v) is 2.98. The Morgan fingerprint density at radius 3 is 2.31 bits per heavy atom. The molecule has 1 amide bonds. The van der Waals surface area contributed by atoms with E-state index in [0.29, 0.717) is 29.4 Å². The summed E-state index contributed by atoms with van der Waals surface area (Å²) in [6.07, 6.45) is 1.79. The molecule has 5 nitrogen and oxygen atoms in total. The van der Waals surface area contributed by atoms with Crippen molar-refractivity contribution in [3.05, 3.63) is 52.6 Å². The molecule has 1 N–H and O–H groups in total. The fourth-order valence-electron chi connectivity index (χ4n) is 2.98. The molecule has 0 unspecified atom stereocenters. The van der Waals surface area contributed by atoms with Crippen molar-refractivity contribution in [3.63, 3.8) is 0 Å². The molecule has 0 radical (unpaired) electrons. The van der Waals surface area contributed by atoms with Crippen molar-refractivity contribution in [2.24, 2.45) is 0 Å². The lowest BCUT2D eigenvalue weighted by Crippen LogP contribution is -2.25. The molecule has 26 heavy (non-hydrogen) atoms. The second kappa shape index (κ2) is 9.13. The van der Waals surface area contributed by atoms with Crippen molar-refractivity contribution in [3.8, 4) is 17.2 Å². The van der Waals surface area contributed by atoms with Gasteiger partial charge in [-0.05, 0) is 49.9 Å². The predicted octanol–water partition coefficient (Wildman–Crippen LogP) is 3.69. The lowest BCUT2D eigenvalue weighted by molar-refractivity contribution is 0.0949. The topological polar surface area (TPSA) is 56.8 Å². The van der Waals surface area contributed by atoms with Gasteiger partial charge in [-0.2, -0.15) is 0 Å². The fraction of sp³-hybridized carbons (Fsp3) is 0.381. The molecule has 0 fully saturated rings. The summed E-state index contributed by atoms with van der Waals surface area (Å²) in [5.41, 5.74) is 4.29. The molecule has 0 heterocycles. The standard InChI is InChI=1S/C21H27NO4/c1-14-8-9-16(15(2)13-14)7-6-12-22-21(23)17-10-11-18(24-3)20(26-5)19(17)25-4/h8-11,13H,6-7,12H2,1-5H3,(H,22,23). The number of ether oxygens (including phenoxy) is 3. The Bertz CT molecular complexity index is 771. The quantitative estimate of drug-likeness (QED) is 0.732. The van der Waals surface area contributed by atoms with Gasteiger partial charge in [0.2, 0.25) is 5.75 Å². The van der Waals surface area contributed by atoms with E-state index in [1.165, 1.54) is 30.9 Å². The van der Waals surface area contributed by atoms with Gasteiger partial charge in [0.1, 0.15) is 0 Å². The third-order valence-corrected chi connectivity index (χ3v) is 4.36. The second-order valence-electron chi connectivity index (χ2n) is 6.17. The molecule has 0 bridgehead atoms. The van der Waals surface area contributed by atoms with Gasteiger partial charge in [0.25, 0.3) is 5.91 Å². The molecule has 5 heteroatoms. The molecule has 0 spiro atoms. The van der Waals surface area contributed by atoms with Crippen LogP contribution in [0, 0.1) is 13.8 Å². The Kier molecular flexibility index (Phi) is 6.89. The van der Waals surface area contributed by atoms with Crippen molar-refractivity contribution in [2.45, 2.75) is 26.7 Å². The van der Waals surface area contributed by atoms with Gasteiger partial charge in [0, 0.05) is 6.54 Å². The molecular formula is C21H27NO4. The van der Waals surface area contributed by atoms with E-state index < -0.39 is 0 Å². The lowest BCUT2D eigenvalue weighted by atomic mass is 10.0. The minimum Gasteiger partial charge on any atom is -0.493 e. The summed E-state index contributed by atoms with van der Waals surface area (Å²) in [6.45, 7) is 4.80. The highest BCUT2D eigenvalue weighted by Gasteiger charge is 2.20. The zero-order valence-corrected chi connectivity index (χ0v) is 16.1. The van der Waals surface area contributed by atoms with Crippen LogP contribution in [0.4, 0.5) is 0 Å².